The lowest BCUT2D eigenvalue weighted by Gasteiger charge is -2.27. The number of carbonyl (C=O) groups excluding carboxylic acids is 1. The molecule has 0 bridgehead atoms. The molecule has 27 heavy (non-hydrogen) atoms. The molecule has 2 aromatic heterocycles. The van der Waals surface area contributed by atoms with Crippen LogP contribution in [0.2, 0.25) is 0 Å². The van der Waals surface area contributed by atoms with Crippen LogP contribution in [0, 0.1) is 32.6 Å². The van der Waals surface area contributed by atoms with Crippen molar-refractivity contribution in [3.8, 4) is 5.95 Å². The summed E-state index contributed by atoms with van der Waals surface area (Å²) in [7, 11) is 0. The van der Waals surface area contributed by atoms with Crippen molar-refractivity contribution in [1.82, 2.24) is 19.7 Å². The zero-order chi connectivity index (χ0) is 19.7. The van der Waals surface area contributed by atoms with E-state index in [-0.39, 0.29) is 17.4 Å². The normalized spacial score (nSPS) is 19.7. The third kappa shape index (κ3) is 3.76. The van der Waals surface area contributed by atoms with Crippen molar-refractivity contribution in [3.05, 3.63) is 33.4 Å². The molecule has 1 fully saturated rings. The lowest BCUT2D eigenvalue weighted by molar-refractivity contribution is -0.147. The Morgan fingerprint density at radius 1 is 1.22 bits per heavy atom. The van der Waals surface area contributed by atoms with Crippen molar-refractivity contribution in [3.63, 3.8) is 0 Å². The maximum Gasteiger partial charge on any atom is 0.307 e. The molecule has 0 unspecified atom stereocenters. The number of carbonyl (C=O) groups is 2. The average Bonchev–Trinajstić information content (AvgIpc) is 2.99. The molecule has 0 saturated heterocycles. The van der Waals surface area contributed by atoms with Gasteiger partial charge < -0.3 is 10.4 Å². The summed E-state index contributed by atoms with van der Waals surface area (Å²) in [4.78, 5) is 43.3. The highest BCUT2D eigenvalue weighted by Crippen LogP contribution is 2.31. The van der Waals surface area contributed by atoms with Crippen molar-refractivity contribution >= 4 is 17.7 Å². The Labute approximate surface area is 155 Å². The molecule has 1 aliphatic rings. The van der Waals surface area contributed by atoms with Crippen molar-refractivity contribution in [2.45, 2.75) is 46.5 Å². The highest BCUT2D eigenvalue weighted by atomic mass is 16.4. The van der Waals surface area contributed by atoms with E-state index in [1.807, 2.05) is 0 Å². The number of aromatic nitrogens is 4. The van der Waals surface area contributed by atoms with Crippen LogP contribution in [0.5, 0.6) is 0 Å². The topological polar surface area (TPSA) is 130 Å². The Hall–Kier alpha value is -2.97. The minimum atomic E-state index is -0.945. The lowest BCUT2D eigenvalue weighted by Crippen LogP contribution is -2.36. The van der Waals surface area contributed by atoms with Gasteiger partial charge in [-0.25, -0.2) is 4.98 Å². The van der Waals surface area contributed by atoms with E-state index in [4.69, 9.17) is 0 Å². The van der Waals surface area contributed by atoms with Gasteiger partial charge in [0, 0.05) is 17.3 Å². The predicted molar refractivity (Wildman–Crippen MR) is 97.9 cm³/mol. The van der Waals surface area contributed by atoms with E-state index in [1.165, 1.54) is 4.68 Å². The quantitative estimate of drug-likeness (QED) is 0.748. The minimum absolute atomic E-state index is 0.199. The molecule has 0 aliphatic heterocycles. The Bertz CT molecular complexity index is 946. The smallest absolute Gasteiger partial charge is 0.307 e. The van der Waals surface area contributed by atoms with Crippen molar-refractivity contribution < 1.29 is 14.7 Å². The van der Waals surface area contributed by atoms with Crippen LogP contribution in [0.1, 0.15) is 42.6 Å². The number of aliphatic carboxylic acids is 1. The van der Waals surface area contributed by atoms with Gasteiger partial charge in [-0.1, -0.05) is 12.8 Å². The summed E-state index contributed by atoms with van der Waals surface area (Å²) in [6, 6.07) is 1.66. The Morgan fingerprint density at radius 3 is 2.52 bits per heavy atom. The Kier molecular flexibility index (Phi) is 5.11. The predicted octanol–water partition coefficient (Wildman–Crippen LogP) is 1.71. The molecule has 0 aromatic carbocycles. The fraction of sp³-hybridized carbons (Fsp3) is 0.500. The summed E-state index contributed by atoms with van der Waals surface area (Å²) in [5, 5.41) is 16.5. The summed E-state index contributed by atoms with van der Waals surface area (Å²) < 4.78 is 1.36. The van der Waals surface area contributed by atoms with E-state index in [1.54, 1.807) is 26.8 Å². The molecule has 3 N–H and O–H groups in total. The molecule has 0 radical (unpaired) electrons. The van der Waals surface area contributed by atoms with Gasteiger partial charge in [0.05, 0.1) is 17.5 Å². The molecule has 0 spiro atoms. The first-order chi connectivity index (χ1) is 12.8. The Balaban J connectivity index is 1.91. The third-order valence-corrected chi connectivity index (χ3v) is 5.09. The van der Waals surface area contributed by atoms with Crippen LogP contribution in [0.25, 0.3) is 5.95 Å². The molecule has 2 heterocycles. The summed E-state index contributed by atoms with van der Waals surface area (Å²) in [6.45, 7) is 5.16. The van der Waals surface area contributed by atoms with Crippen LogP contribution in [0.3, 0.4) is 0 Å². The second-order valence-corrected chi connectivity index (χ2v) is 7.01. The number of aromatic amines is 1. The van der Waals surface area contributed by atoms with E-state index in [9.17, 15) is 19.5 Å². The summed E-state index contributed by atoms with van der Waals surface area (Å²) in [5.74, 6) is -2.03. The molecule has 1 saturated carbocycles. The first kappa shape index (κ1) is 18.8. The summed E-state index contributed by atoms with van der Waals surface area (Å²) in [5.41, 5.74) is 1.43. The third-order valence-electron chi connectivity index (χ3n) is 5.09. The number of carboxylic acids is 1. The van der Waals surface area contributed by atoms with E-state index >= 15 is 0 Å². The van der Waals surface area contributed by atoms with Crippen LogP contribution in [-0.4, -0.2) is 36.7 Å². The van der Waals surface area contributed by atoms with E-state index in [0.717, 1.165) is 12.8 Å². The van der Waals surface area contributed by atoms with E-state index < -0.39 is 17.8 Å². The van der Waals surface area contributed by atoms with Crippen LogP contribution >= 0.6 is 0 Å². The number of anilines is 1. The number of nitrogens with zero attached hydrogens (tertiary/aromatic N) is 3. The average molecular weight is 373 g/mol. The first-order valence-electron chi connectivity index (χ1n) is 8.96. The van der Waals surface area contributed by atoms with Crippen molar-refractivity contribution in [2.75, 3.05) is 5.32 Å². The lowest BCUT2D eigenvalue weighted by atomic mass is 9.79. The number of hydrogen-bond acceptors (Lipinski definition) is 5. The monoisotopic (exact) mass is 373 g/mol. The highest BCUT2D eigenvalue weighted by molar-refractivity contribution is 5.94. The number of H-pyrrole nitrogens is 1. The SMILES string of the molecule is Cc1cc(NC(=O)[C@H]2CCCC[C@@H]2C(=O)O)n(-c2nc(C)c(C)c(=O)[nH]2)n1. The molecule has 1 amide bonds. The number of carboxylic acid groups (broad SMARTS) is 1. The van der Waals surface area contributed by atoms with Gasteiger partial charge in [-0.05, 0) is 33.6 Å². The van der Waals surface area contributed by atoms with E-state index in [2.05, 4.69) is 20.4 Å². The van der Waals surface area contributed by atoms with Gasteiger partial charge in [0.15, 0.2) is 0 Å². The number of nitrogens with one attached hydrogen (secondary N) is 2. The number of aryl methyl sites for hydroxylation is 2. The maximum atomic E-state index is 12.8. The zero-order valence-electron chi connectivity index (χ0n) is 15.6. The van der Waals surface area contributed by atoms with Gasteiger partial charge in [0.1, 0.15) is 5.82 Å². The van der Waals surface area contributed by atoms with Crippen molar-refractivity contribution in [1.29, 1.82) is 0 Å². The molecule has 9 nitrogen and oxygen atoms in total. The minimum Gasteiger partial charge on any atom is -0.481 e. The molecule has 144 valence electrons. The van der Waals surface area contributed by atoms with E-state index in [0.29, 0.717) is 35.6 Å². The van der Waals surface area contributed by atoms with Gasteiger partial charge in [-0.3, -0.25) is 19.4 Å². The van der Waals surface area contributed by atoms with Crippen molar-refractivity contribution in [2.24, 2.45) is 11.8 Å². The second-order valence-electron chi connectivity index (χ2n) is 7.01. The molecule has 1 aliphatic carbocycles. The molecular weight excluding hydrogens is 350 g/mol. The standard InChI is InChI=1S/C18H23N5O4/c1-9-8-14(20-16(25)12-6-4-5-7-13(12)17(26)27)23(22-9)18-19-11(3)10(2)15(24)21-18/h8,12-13H,4-7H2,1-3H3,(H,20,25)(H,26,27)(H,19,21,24)/t12-,13-/m0/s1. The Morgan fingerprint density at radius 2 is 1.89 bits per heavy atom. The molecule has 2 atom stereocenters. The van der Waals surface area contributed by atoms with Gasteiger partial charge >= 0.3 is 5.97 Å². The molecular formula is C18H23N5O4. The van der Waals surface area contributed by atoms with Gasteiger partial charge in [0.2, 0.25) is 11.9 Å². The highest BCUT2D eigenvalue weighted by Gasteiger charge is 2.36. The van der Waals surface area contributed by atoms with Gasteiger partial charge in [-0.2, -0.15) is 9.78 Å². The van der Waals surface area contributed by atoms with Crippen LogP contribution in [-0.2, 0) is 9.59 Å². The molecule has 3 rings (SSSR count). The number of amides is 1. The molecule has 2 aromatic rings. The van der Waals surface area contributed by atoms with Crippen LogP contribution < -0.4 is 10.9 Å². The number of hydrogen-bond donors (Lipinski definition) is 3. The second kappa shape index (κ2) is 7.34. The largest absolute Gasteiger partial charge is 0.481 e. The van der Waals surface area contributed by atoms with Crippen LogP contribution in [0.4, 0.5) is 5.82 Å². The first-order valence-corrected chi connectivity index (χ1v) is 8.96. The number of rotatable bonds is 4. The maximum absolute atomic E-state index is 12.8. The molecule has 9 heteroatoms. The summed E-state index contributed by atoms with van der Waals surface area (Å²) >= 11 is 0. The fourth-order valence-corrected chi connectivity index (χ4v) is 3.44. The van der Waals surface area contributed by atoms with Gasteiger partial charge in [0.25, 0.3) is 5.56 Å². The summed E-state index contributed by atoms with van der Waals surface area (Å²) in [6.07, 6.45) is 2.67. The van der Waals surface area contributed by atoms with Gasteiger partial charge in [-0.15, -0.1) is 0 Å². The zero-order valence-corrected chi connectivity index (χ0v) is 15.6. The van der Waals surface area contributed by atoms with Crippen LogP contribution in [0.15, 0.2) is 10.9 Å². The fourth-order valence-electron chi connectivity index (χ4n) is 3.44.